The number of nitrogens with zero attached hydrogens (tertiary/aromatic N) is 5. The van der Waals surface area contributed by atoms with E-state index in [0.29, 0.717) is 18.0 Å². The number of aliphatic imine (C=N–C) groups is 1. The van der Waals surface area contributed by atoms with Gasteiger partial charge in [-0.25, -0.2) is 19.6 Å². The van der Waals surface area contributed by atoms with Crippen molar-refractivity contribution in [2.75, 3.05) is 0 Å². The first-order valence-corrected chi connectivity index (χ1v) is 10.8. The normalized spacial score (nSPS) is 16.8. The highest BCUT2D eigenvalue weighted by molar-refractivity contribution is 7.22. The van der Waals surface area contributed by atoms with Crippen molar-refractivity contribution in [1.29, 1.82) is 0 Å². The molecule has 0 saturated carbocycles. The van der Waals surface area contributed by atoms with E-state index in [1.165, 1.54) is 17.6 Å². The number of hydrogen-bond acceptors (Lipinski definition) is 7. The number of benzene rings is 1. The first kappa shape index (κ1) is 19.6. The van der Waals surface area contributed by atoms with Gasteiger partial charge in [0, 0.05) is 30.6 Å². The number of allylic oxidation sites excluding steroid dienone is 2. The molecule has 0 spiro atoms. The Morgan fingerprint density at radius 3 is 2.87 bits per heavy atom. The molecular formula is C23H21N5O2S. The van der Waals surface area contributed by atoms with Crippen LogP contribution in [0.4, 0.5) is 5.13 Å². The number of aliphatic hydroxyl groups is 1. The molecule has 3 aromatic heterocycles. The Bertz CT molecular complexity index is 1400. The number of ketones is 1. The van der Waals surface area contributed by atoms with Crippen molar-refractivity contribution in [3.05, 3.63) is 53.6 Å². The molecule has 8 heteroatoms. The number of aromatic nitrogens is 4. The summed E-state index contributed by atoms with van der Waals surface area (Å²) >= 11 is 1.46. The van der Waals surface area contributed by atoms with E-state index in [0.717, 1.165) is 32.5 Å². The number of hydrogen-bond donors (Lipinski definition) is 1. The van der Waals surface area contributed by atoms with Gasteiger partial charge in [-0.1, -0.05) is 31.3 Å². The van der Waals surface area contributed by atoms with Crippen LogP contribution in [0.2, 0.25) is 0 Å². The van der Waals surface area contributed by atoms with Crippen LogP contribution >= 0.6 is 11.3 Å². The van der Waals surface area contributed by atoms with Crippen LogP contribution in [0.3, 0.4) is 0 Å². The molecule has 0 saturated heterocycles. The molecule has 156 valence electrons. The Morgan fingerprint density at radius 2 is 2.13 bits per heavy atom. The Balaban J connectivity index is 1.57. The number of rotatable bonds is 3. The van der Waals surface area contributed by atoms with E-state index < -0.39 is 0 Å². The largest absolute Gasteiger partial charge is 0.511 e. The molecule has 0 atom stereocenters. The number of fused-ring (bicyclic) bond motifs is 3. The minimum Gasteiger partial charge on any atom is -0.511 e. The molecular weight excluding hydrogens is 410 g/mol. The van der Waals surface area contributed by atoms with Gasteiger partial charge < -0.3 is 5.11 Å². The number of carbonyl (C=O) groups excluding carboxylic acids is 1. The van der Waals surface area contributed by atoms with Crippen molar-refractivity contribution < 1.29 is 9.90 Å². The molecule has 4 aromatic rings. The molecule has 5 rings (SSSR count). The summed E-state index contributed by atoms with van der Waals surface area (Å²) in [6, 6.07) is 7.78. The molecule has 0 aliphatic heterocycles. The fourth-order valence-corrected chi connectivity index (χ4v) is 4.89. The molecule has 1 N–H and O–H groups in total. The molecule has 1 aliphatic carbocycles. The Labute approximate surface area is 182 Å². The summed E-state index contributed by atoms with van der Waals surface area (Å²) in [5, 5.41) is 16.3. The summed E-state index contributed by atoms with van der Waals surface area (Å²) in [7, 11) is 0. The quantitative estimate of drug-likeness (QED) is 0.448. The highest BCUT2D eigenvalue weighted by Crippen LogP contribution is 2.37. The highest BCUT2D eigenvalue weighted by atomic mass is 32.1. The van der Waals surface area contributed by atoms with Gasteiger partial charge in [0.25, 0.3) is 0 Å². The van der Waals surface area contributed by atoms with Crippen molar-refractivity contribution in [2.45, 2.75) is 33.6 Å². The van der Waals surface area contributed by atoms with Crippen LogP contribution in [0.1, 0.15) is 32.3 Å². The minimum absolute atomic E-state index is 0.0891. The molecule has 31 heavy (non-hydrogen) atoms. The monoisotopic (exact) mass is 431 g/mol. The lowest BCUT2D eigenvalue weighted by Crippen LogP contribution is -2.26. The van der Waals surface area contributed by atoms with Crippen molar-refractivity contribution in [3.63, 3.8) is 0 Å². The molecule has 0 amide bonds. The first-order valence-electron chi connectivity index (χ1n) is 10.0. The van der Waals surface area contributed by atoms with Gasteiger partial charge in [-0.15, -0.1) is 0 Å². The maximum atomic E-state index is 12.4. The second-order valence-corrected chi connectivity index (χ2v) is 9.58. The zero-order chi connectivity index (χ0) is 21.8. The number of carbonyl (C=O) groups is 1. The number of pyridine rings is 1. The van der Waals surface area contributed by atoms with Gasteiger partial charge in [0.2, 0.25) is 5.13 Å². The Hall–Kier alpha value is -3.39. The van der Waals surface area contributed by atoms with Crippen molar-refractivity contribution in [3.8, 4) is 5.82 Å². The van der Waals surface area contributed by atoms with Gasteiger partial charge in [-0.2, -0.15) is 5.10 Å². The van der Waals surface area contributed by atoms with Crippen LogP contribution in [0.25, 0.3) is 26.9 Å². The second-order valence-electron chi connectivity index (χ2n) is 8.60. The number of Topliss-reactive ketones (excluding diaryl/α,β-unsaturated/α-hetero) is 1. The van der Waals surface area contributed by atoms with E-state index >= 15 is 0 Å². The van der Waals surface area contributed by atoms with Gasteiger partial charge in [-0.05, 0) is 36.1 Å². The number of aryl methyl sites for hydroxylation is 1. The van der Waals surface area contributed by atoms with E-state index in [-0.39, 0.29) is 22.5 Å². The zero-order valence-electron chi connectivity index (χ0n) is 17.5. The minimum atomic E-state index is -0.231. The van der Waals surface area contributed by atoms with Crippen LogP contribution in [-0.2, 0) is 4.79 Å². The lowest BCUT2D eigenvalue weighted by Gasteiger charge is -2.28. The summed E-state index contributed by atoms with van der Waals surface area (Å²) in [5.41, 5.74) is 2.86. The maximum absolute atomic E-state index is 12.4. The number of thiazole rings is 1. The van der Waals surface area contributed by atoms with Crippen LogP contribution in [0, 0.1) is 12.3 Å². The lowest BCUT2D eigenvalue weighted by atomic mass is 9.77. The fraction of sp³-hybridized carbons (Fsp3) is 0.261. The standard InChI is InChI=1S/C23H21N5O2S/c1-13-8-16-14(12-26-28(16)19-6-4-5-7-24-19)20-21(13)31-22(27-20)25-11-15-17(29)9-23(2,3)10-18(15)30/h4-8,11-12,29H,9-10H2,1-3H3/b25-11+. The molecule has 0 fully saturated rings. The number of aliphatic hydroxyl groups excluding tert-OH is 1. The smallest absolute Gasteiger partial charge is 0.210 e. The predicted octanol–water partition coefficient (Wildman–Crippen LogP) is 5.24. The van der Waals surface area contributed by atoms with Crippen LogP contribution < -0.4 is 0 Å². The van der Waals surface area contributed by atoms with Gasteiger partial charge >= 0.3 is 0 Å². The highest BCUT2D eigenvalue weighted by Gasteiger charge is 2.32. The van der Waals surface area contributed by atoms with E-state index in [1.54, 1.807) is 17.1 Å². The van der Waals surface area contributed by atoms with E-state index in [1.807, 2.05) is 39.0 Å². The molecule has 0 unspecified atom stereocenters. The maximum Gasteiger partial charge on any atom is 0.210 e. The predicted molar refractivity (Wildman–Crippen MR) is 123 cm³/mol. The van der Waals surface area contributed by atoms with Crippen LogP contribution in [0.5, 0.6) is 0 Å². The lowest BCUT2D eigenvalue weighted by molar-refractivity contribution is -0.117. The topological polar surface area (TPSA) is 93.3 Å². The molecule has 1 aromatic carbocycles. The Kier molecular flexibility index (Phi) is 4.48. The second kappa shape index (κ2) is 7.09. The molecule has 7 nitrogen and oxygen atoms in total. The third-order valence-corrected chi connectivity index (χ3v) is 6.55. The Morgan fingerprint density at radius 1 is 1.29 bits per heavy atom. The molecule has 1 aliphatic rings. The van der Waals surface area contributed by atoms with Gasteiger partial charge in [0.15, 0.2) is 11.6 Å². The first-order chi connectivity index (χ1) is 14.8. The van der Waals surface area contributed by atoms with E-state index in [4.69, 9.17) is 4.98 Å². The van der Waals surface area contributed by atoms with E-state index in [2.05, 4.69) is 21.1 Å². The van der Waals surface area contributed by atoms with Crippen LogP contribution in [0.15, 0.2) is 53.0 Å². The average molecular weight is 432 g/mol. The summed E-state index contributed by atoms with van der Waals surface area (Å²) in [6.07, 6.45) is 5.84. The van der Waals surface area contributed by atoms with Gasteiger partial charge in [-0.3, -0.25) is 4.79 Å². The molecule has 3 heterocycles. The summed E-state index contributed by atoms with van der Waals surface area (Å²) in [4.78, 5) is 26.0. The summed E-state index contributed by atoms with van der Waals surface area (Å²) < 4.78 is 2.82. The van der Waals surface area contributed by atoms with Gasteiger partial charge in [0.1, 0.15) is 5.76 Å². The fourth-order valence-electron chi connectivity index (χ4n) is 3.99. The zero-order valence-corrected chi connectivity index (χ0v) is 18.3. The van der Waals surface area contributed by atoms with E-state index in [9.17, 15) is 9.90 Å². The van der Waals surface area contributed by atoms with Crippen molar-refractivity contribution in [1.82, 2.24) is 19.7 Å². The van der Waals surface area contributed by atoms with Gasteiger partial charge in [0.05, 0.1) is 27.5 Å². The average Bonchev–Trinajstić information content (AvgIpc) is 3.31. The summed E-state index contributed by atoms with van der Waals surface area (Å²) in [6.45, 7) is 5.98. The summed E-state index contributed by atoms with van der Waals surface area (Å²) in [5.74, 6) is 0.751. The molecule has 0 bridgehead atoms. The SMILES string of the molecule is Cc1cc2c(cnn2-c2ccccn2)c2nc(/N=C/C3=C(O)CC(C)(C)CC3=O)sc12. The molecule has 0 radical (unpaired) electrons. The van der Waals surface area contributed by atoms with Crippen molar-refractivity contribution >= 4 is 49.6 Å². The third-order valence-electron chi connectivity index (χ3n) is 5.46. The third kappa shape index (κ3) is 3.42. The van der Waals surface area contributed by atoms with Crippen molar-refractivity contribution in [2.24, 2.45) is 10.4 Å². The van der Waals surface area contributed by atoms with Crippen LogP contribution in [-0.4, -0.2) is 36.9 Å².